The summed E-state index contributed by atoms with van der Waals surface area (Å²) in [6.07, 6.45) is 2.51. The van der Waals surface area contributed by atoms with E-state index in [9.17, 15) is 9.90 Å². The fraction of sp³-hybridized carbons (Fsp3) is 0.263. The lowest BCUT2D eigenvalue weighted by Gasteiger charge is -2.38. The van der Waals surface area contributed by atoms with Crippen LogP contribution in [-0.2, 0) is 5.60 Å². The molecule has 0 atom stereocenters. The van der Waals surface area contributed by atoms with Crippen LogP contribution in [0.2, 0.25) is 5.02 Å². The van der Waals surface area contributed by atoms with Crippen LogP contribution in [0.15, 0.2) is 53.1 Å². The maximum absolute atomic E-state index is 12.7. The van der Waals surface area contributed by atoms with Crippen molar-refractivity contribution >= 4 is 17.5 Å². The standard InChI is InChI=1S/C19H18ClN3O3/c20-14-5-3-13(4-6-14)19(25)7-9-23(10-8-19)18(24)16-12-15(21-22-16)17-2-1-11-26-17/h1-6,11-12,25H,7-10H2,(H,21,22). The van der Waals surface area contributed by atoms with E-state index in [1.807, 2.05) is 12.1 Å². The highest BCUT2D eigenvalue weighted by Crippen LogP contribution is 2.33. The molecule has 1 aromatic carbocycles. The molecule has 0 aliphatic carbocycles. The van der Waals surface area contributed by atoms with Gasteiger partial charge in [0.25, 0.3) is 5.91 Å². The van der Waals surface area contributed by atoms with Gasteiger partial charge in [-0.15, -0.1) is 0 Å². The molecule has 7 heteroatoms. The second-order valence-electron chi connectivity index (χ2n) is 6.47. The summed E-state index contributed by atoms with van der Waals surface area (Å²) >= 11 is 5.92. The number of aromatic amines is 1. The molecule has 0 spiro atoms. The van der Waals surface area contributed by atoms with Crippen molar-refractivity contribution < 1.29 is 14.3 Å². The summed E-state index contributed by atoms with van der Waals surface area (Å²) < 4.78 is 5.30. The van der Waals surface area contributed by atoms with E-state index in [-0.39, 0.29) is 5.91 Å². The summed E-state index contributed by atoms with van der Waals surface area (Å²) in [5, 5.41) is 18.5. The van der Waals surface area contributed by atoms with Crippen molar-refractivity contribution in [3.63, 3.8) is 0 Å². The van der Waals surface area contributed by atoms with Crippen LogP contribution >= 0.6 is 11.6 Å². The second kappa shape index (κ2) is 6.63. The fourth-order valence-electron chi connectivity index (χ4n) is 3.28. The second-order valence-corrected chi connectivity index (χ2v) is 6.91. The number of H-pyrrole nitrogens is 1. The van der Waals surface area contributed by atoms with E-state index in [1.54, 1.807) is 41.5 Å². The first-order chi connectivity index (χ1) is 12.5. The van der Waals surface area contributed by atoms with Crippen LogP contribution in [0.25, 0.3) is 11.5 Å². The maximum Gasteiger partial charge on any atom is 0.274 e. The van der Waals surface area contributed by atoms with Gasteiger partial charge in [-0.25, -0.2) is 0 Å². The molecule has 3 aromatic rings. The first-order valence-corrected chi connectivity index (χ1v) is 8.80. The van der Waals surface area contributed by atoms with Crippen LogP contribution in [0.1, 0.15) is 28.9 Å². The summed E-state index contributed by atoms with van der Waals surface area (Å²) in [5.41, 5.74) is 0.891. The first-order valence-electron chi connectivity index (χ1n) is 8.42. The zero-order valence-corrected chi connectivity index (χ0v) is 14.7. The molecular weight excluding hydrogens is 354 g/mol. The van der Waals surface area contributed by atoms with Crippen molar-refractivity contribution in [2.75, 3.05) is 13.1 Å². The van der Waals surface area contributed by atoms with Crippen molar-refractivity contribution in [1.82, 2.24) is 15.1 Å². The van der Waals surface area contributed by atoms with Gasteiger partial charge in [-0.3, -0.25) is 9.89 Å². The van der Waals surface area contributed by atoms with Crippen LogP contribution in [0.4, 0.5) is 0 Å². The number of likely N-dealkylation sites (tertiary alicyclic amines) is 1. The molecule has 1 saturated heterocycles. The van der Waals surface area contributed by atoms with E-state index in [0.717, 1.165) is 5.56 Å². The maximum atomic E-state index is 12.7. The molecule has 2 aromatic heterocycles. The van der Waals surface area contributed by atoms with Gasteiger partial charge in [0, 0.05) is 24.2 Å². The molecule has 3 heterocycles. The van der Waals surface area contributed by atoms with Crippen molar-refractivity contribution in [3.05, 3.63) is 65.0 Å². The zero-order chi connectivity index (χ0) is 18.1. The minimum atomic E-state index is -0.938. The molecule has 0 saturated carbocycles. The van der Waals surface area contributed by atoms with E-state index in [0.29, 0.717) is 48.1 Å². The number of nitrogens with one attached hydrogen (secondary N) is 1. The molecular formula is C19H18ClN3O3. The fourth-order valence-corrected chi connectivity index (χ4v) is 3.41. The molecule has 26 heavy (non-hydrogen) atoms. The molecule has 1 amide bonds. The van der Waals surface area contributed by atoms with Gasteiger partial charge in [-0.1, -0.05) is 23.7 Å². The van der Waals surface area contributed by atoms with Crippen LogP contribution in [0.3, 0.4) is 0 Å². The molecule has 1 fully saturated rings. The van der Waals surface area contributed by atoms with Crippen molar-refractivity contribution in [2.24, 2.45) is 0 Å². The number of hydrogen-bond acceptors (Lipinski definition) is 4. The topological polar surface area (TPSA) is 82.4 Å². The van der Waals surface area contributed by atoms with Gasteiger partial charge < -0.3 is 14.4 Å². The summed E-state index contributed by atoms with van der Waals surface area (Å²) in [6.45, 7) is 0.918. The average molecular weight is 372 g/mol. The third-order valence-electron chi connectivity index (χ3n) is 4.84. The van der Waals surface area contributed by atoms with Gasteiger partial charge in [0.1, 0.15) is 5.69 Å². The van der Waals surface area contributed by atoms with E-state index in [4.69, 9.17) is 16.0 Å². The monoisotopic (exact) mass is 371 g/mol. The Bertz CT molecular complexity index is 895. The number of amides is 1. The van der Waals surface area contributed by atoms with Gasteiger partial charge in [0.2, 0.25) is 0 Å². The molecule has 1 aliphatic rings. The van der Waals surface area contributed by atoms with E-state index < -0.39 is 5.60 Å². The number of aliphatic hydroxyl groups is 1. The zero-order valence-electron chi connectivity index (χ0n) is 14.0. The van der Waals surface area contributed by atoms with Gasteiger partial charge in [-0.2, -0.15) is 5.10 Å². The number of carbonyl (C=O) groups is 1. The Morgan fingerprint density at radius 2 is 1.96 bits per heavy atom. The third-order valence-corrected chi connectivity index (χ3v) is 5.09. The molecule has 134 valence electrons. The highest BCUT2D eigenvalue weighted by atomic mass is 35.5. The van der Waals surface area contributed by atoms with E-state index in [2.05, 4.69) is 10.2 Å². The number of carbonyl (C=O) groups excluding carboxylic acids is 1. The van der Waals surface area contributed by atoms with Gasteiger partial charge in [-0.05, 0) is 42.7 Å². The predicted octanol–water partition coefficient (Wildman–Crippen LogP) is 3.45. The predicted molar refractivity (Wildman–Crippen MR) is 96.8 cm³/mol. The minimum absolute atomic E-state index is 0.155. The molecule has 6 nitrogen and oxygen atoms in total. The summed E-state index contributed by atoms with van der Waals surface area (Å²) in [5.74, 6) is 0.476. The summed E-state index contributed by atoms with van der Waals surface area (Å²) in [4.78, 5) is 14.4. The molecule has 0 bridgehead atoms. The minimum Gasteiger partial charge on any atom is -0.463 e. The number of hydrogen-bond donors (Lipinski definition) is 2. The largest absolute Gasteiger partial charge is 0.463 e. The molecule has 4 rings (SSSR count). The SMILES string of the molecule is O=C(c1cc(-c2ccco2)[nH]n1)N1CCC(O)(c2ccc(Cl)cc2)CC1. The number of piperidine rings is 1. The highest BCUT2D eigenvalue weighted by Gasteiger charge is 2.36. The Balaban J connectivity index is 1.44. The smallest absolute Gasteiger partial charge is 0.274 e. The Labute approximate surface area is 155 Å². The molecule has 1 aliphatic heterocycles. The molecule has 0 radical (unpaired) electrons. The molecule has 0 unspecified atom stereocenters. The number of nitrogens with zero attached hydrogens (tertiary/aromatic N) is 2. The van der Waals surface area contributed by atoms with Gasteiger partial charge in [0.15, 0.2) is 11.5 Å². The van der Waals surface area contributed by atoms with Crippen LogP contribution in [-0.4, -0.2) is 39.2 Å². The molecule has 2 N–H and O–H groups in total. The Kier molecular flexibility index (Phi) is 4.30. The lowest BCUT2D eigenvalue weighted by Crippen LogP contribution is -2.45. The van der Waals surface area contributed by atoms with Gasteiger partial charge in [0.05, 0.1) is 11.9 Å². The van der Waals surface area contributed by atoms with Gasteiger partial charge >= 0.3 is 0 Å². The number of benzene rings is 1. The number of furan rings is 1. The normalized spacial score (nSPS) is 16.6. The van der Waals surface area contributed by atoms with Crippen molar-refractivity contribution in [1.29, 1.82) is 0 Å². The quantitative estimate of drug-likeness (QED) is 0.738. The number of halogens is 1. The van der Waals surface area contributed by atoms with E-state index in [1.165, 1.54) is 0 Å². The van der Waals surface area contributed by atoms with Crippen LogP contribution in [0, 0.1) is 0 Å². The highest BCUT2D eigenvalue weighted by molar-refractivity contribution is 6.30. The van der Waals surface area contributed by atoms with Crippen LogP contribution < -0.4 is 0 Å². The lowest BCUT2D eigenvalue weighted by atomic mass is 9.84. The van der Waals surface area contributed by atoms with Crippen LogP contribution in [0.5, 0.6) is 0 Å². The lowest BCUT2D eigenvalue weighted by molar-refractivity contribution is -0.0212. The Morgan fingerprint density at radius 3 is 2.62 bits per heavy atom. The Hall–Kier alpha value is -2.57. The summed E-state index contributed by atoms with van der Waals surface area (Å²) in [7, 11) is 0. The van der Waals surface area contributed by atoms with E-state index >= 15 is 0 Å². The van der Waals surface area contributed by atoms with Crippen molar-refractivity contribution in [3.8, 4) is 11.5 Å². The van der Waals surface area contributed by atoms with Crippen molar-refractivity contribution in [2.45, 2.75) is 18.4 Å². The third kappa shape index (κ3) is 3.13. The first kappa shape index (κ1) is 16.9. The summed E-state index contributed by atoms with van der Waals surface area (Å²) in [6, 6.07) is 12.5. The Morgan fingerprint density at radius 1 is 1.23 bits per heavy atom. The number of aromatic nitrogens is 2. The number of rotatable bonds is 3. The average Bonchev–Trinajstić information content (AvgIpc) is 3.34.